The largest absolute Gasteiger partial charge is 0.461 e. The number of para-hydroxylation sites is 1. The third kappa shape index (κ3) is 3.02. The van der Waals surface area contributed by atoms with Crippen LogP contribution in [0.5, 0.6) is 0 Å². The Labute approximate surface area is 120 Å². The molecule has 0 saturated carbocycles. The molecule has 0 aliphatic carbocycles. The van der Waals surface area contributed by atoms with Crippen LogP contribution >= 0.6 is 0 Å². The molecule has 7 heteroatoms. The molecule has 1 heterocycles. The van der Waals surface area contributed by atoms with Gasteiger partial charge in [-0.05, 0) is 19.1 Å². The molecular weight excluding hydrogens is 274 g/mol. The van der Waals surface area contributed by atoms with Gasteiger partial charge in [-0.3, -0.25) is 19.4 Å². The van der Waals surface area contributed by atoms with Crippen molar-refractivity contribution in [2.24, 2.45) is 7.05 Å². The number of ether oxygens (including phenoxy) is 1. The molecule has 0 atom stereocenters. The highest BCUT2D eigenvalue weighted by molar-refractivity contribution is 6.10. The molecule has 1 aromatic carbocycles. The average molecular weight is 289 g/mol. The van der Waals surface area contributed by atoms with Gasteiger partial charge in [0.2, 0.25) is 0 Å². The van der Waals surface area contributed by atoms with Crippen molar-refractivity contribution in [2.75, 3.05) is 11.9 Å². The molecule has 1 aromatic heterocycles. The minimum absolute atomic E-state index is 0.148. The standard InChI is InChI=1S/C14H15N3O4/c1-3-21-14(20)11-10(13(19)17(2)16-11)12(18)15-9-7-5-4-6-8-9/h4-8,16H,3H2,1-2H3,(H,15,18). The summed E-state index contributed by atoms with van der Waals surface area (Å²) >= 11 is 0. The van der Waals surface area contributed by atoms with Gasteiger partial charge in [0.1, 0.15) is 5.56 Å². The zero-order valence-corrected chi connectivity index (χ0v) is 11.7. The van der Waals surface area contributed by atoms with Gasteiger partial charge >= 0.3 is 5.97 Å². The van der Waals surface area contributed by atoms with Crippen LogP contribution < -0.4 is 10.9 Å². The Balaban J connectivity index is 2.36. The maximum atomic E-state index is 12.2. The summed E-state index contributed by atoms with van der Waals surface area (Å²) in [4.78, 5) is 36.0. The molecule has 0 unspecified atom stereocenters. The highest BCUT2D eigenvalue weighted by Crippen LogP contribution is 2.09. The molecule has 0 aliphatic heterocycles. The van der Waals surface area contributed by atoms with E-state index in [9.17, 15) is 14.4 Å². The van der Waals surface area contributed by atoms with Crippen LogP contribution in [0.2, 0.25) is 0 Å². The first-order chi connectivity index (χ1) is 10.0. The van der Waals surface area contributed by atoms with Crippen molar-refractivity contribution in [3.8, 4) is 0 Å². The van der Waals surface area contributed by atoms with Crippen LogP contribution in [0.15, 0.2) is 35.1 Å². The number of hydrogen-bond acceptors (Lipinski definition) is 4. The van der Waals surface area contributed by atoms with Gasteiger partial charge < -0.3 is 10.1 Å². The maximum Gasteiger partial charge on any atom is 0.357 e. The van der Waals surface area contributed by atoms with E-state index in [-0.39, 0.29) is 17.9 Å². The lowest BCUT2D eigenvalue weighted by Gasteiger charge is -2.04. The lowest BCUT2D eigenvalue weighted by atomic mass is 10.2. The number of rotatable bonds is 4. The van der Waals surface area contributed by atoms with E-state index < -0.39 is 17.4 Å². The number of H-pyrrole nitrogens is 1. The summed E-state index contributed by atoms with van der Waals surface area (Å²) in [6.07, 6.45) is 0. The Morgan fingerprint density at radius 2 is 1.95 bits per heavy atom. The quantitative estimate of drug-likeness (QED) is 0.825. The predicted octanol–water partition coefficient (Wildman–Crippen LogP) is 1.14. The Morgan fingerprint density at radius 1 is 1.29 bits per heavy atom. The average Bonchev–Trinajstić information content (AvgIpc) is 2.76. The summed E-state index contributed by atoms with van der Waals surface area (Å²) in [6.45, 7) is 1.79. The second-order valence-electron chi connectivity index (χ2n) is 4.27. The van der Waals surface area contributed by atoms with E-state index in [1.165, 1.54) is 7.05 Å². The molecule has 0 aliphatic rings. The van der Waals surface area contributed by atoms with Gasteiger partial charge in [0.05, 0.1) is 6.61 Å². The Morgan fingerprint density at radius 3 is 2.57 bits per heavy atom. The fraction of sp³-hybridized carbons (Fsp3) is 0.214. The summed E-state index contributed by atoms with van der Waals surface area (Å²) in [7, 11) is 1.42. The second kappa shape index (κ2) is 6.08. The number of aromatic amines is 1. The van der Waals surface area contributed by atoms with Crippen molar-refractivity contribution in [1.82, 2.24) is 9.78 Å². The smallest absolute Gasteiger partial charge is 0.357 e. The van der Waals surface area contributed by atoms with E-state index in [1.807, 2.05) is 0 Å². The van der Waals surface area contributed by atoms with Crippen molar-refractivity contribution >= 4 is 17.6 Å². The van der Waals surface area contributed by atoms with Gasteiger partial charge in [-0.2, -0.15) is 0 Å². The molecule has 21 heavy (non-hydrogen) atoms. The highest BCUT2D eigenvalue weighted by atomic mass is 16.5. The van der Waals surface area contributed by atoms with E-state index in [2.05, 4.69) is 10.4 Å². The fourth-order valence-electron chi connectivity index (χ4n) is 1.83. The van der Waals surface area contributed by atoms with Crippen LogP contribution in [0, 0.1) is 0 Å². The van der Waals surface area contributed by atoms with E-state index in [1.54, 1.807) is 37.3 Å². The van der Waals surface area contributed by atoms with Crippen LogP contribution in [-0.4, -0.2) is 28.3 Å². The Bertz CT molecular complexity index is 716. The van der Waals surface area contributed by atoms with Crippen molar-refractivity contribution < 1.29 is 14.3 Å². The molecule has 0 spiro atoms. The lowest BCUT2D eigenvalue weighted by molar-refractivity contribution is 0.0515. The first-order valence-electron chi connectivity index (χ1n) is 6.37. The van der Waals surface area contributed by atoms with Crippen LogP contribution in [0.25, 0.3) is 0 Å². The van der Waals surface area contributed by atoms with E-state index >= 15 is 0 Å². The van der Waals surface area contributed by atoms with Gasteiger partial charge in [0.15, 0.2) is 5.69 Å². The summed E-state index contributed by atoms with van der Waals surface area (Å²) < 4.78 is 5.90. The molecule has 0 bridgehead atoms. The van der Waals surface area contributed by atoms with Crippen molar-refractivity contribution in [3.63, 3.8) is 0 Å². The van der Waals surface area contributed by atoms with Crippen molar-refractivity contribution in [2.45, 2.75) is 6.92 Å². The molecule has 110 valence electrons. The number of aromatic nitrogens is 2. The topological polar surface area (TPSA) is 93.2 Å². The fourth-order valence-corrected chi connectivity index (χ4v) is 1.83. The number of anilines is 1. The molecule has 1 amide bonds. The number of nitrogens with one attached hydrogen (secondary N) is 2. The number of aryl methyl sites for hydroxylation is 1. The minimum atomic E-state index is -0.742. The van der Waals surface area contributed by atoms with Gasteiger partial charge in [-0.25, -0.2) is 4.79 Å². The predicted molar refractivity (Wildman–Crippen MR) is 76.4 cm³/mol. The van der Waals surface area contributed by atoms with Gasteiger partial charge in [0.25, 0.3) is 11.5 Å². The van der Waals surface area contributed by atoms with Gasteiger partial charge in [0, 0.05) is 12.7 Å². The summed E-state index contributed by atoms with van der Waals surface area (Å²) in [5, 5.41) is 5.10. The normalized spacial score (nSPS) is 10.2. The molecular formula is C14H15N3O4. The number of amides is 1. The first kappa shape index (κ1) is 14.6. The van der Waals surface area contributed by atoms with Gasteiger partial charge in [-0.1, -0.05) is 18.2 Å². The summed E-state index contributed by atoms with van der Waals surface area (Å²) in [5.74, 6) is -1.40. The number of benzene rings is 1. The number of carbonyl (C=O) groups is 2. The van der Waals surface area contributed by atoms with Crippen LogP contribution in [-0.2, 0) is 11.8 Å². The molecule has 7 nitrogen and oxygen atoms in total. The van der Waals surface area contributed by atoms with Gasteiger partial charge in [-0.15, -0.1) is 0 Å². The third-order valence-electron chi connectivity index (χ3n) is 2.79. The minimum Gasteiger partial charge on any atom is -0.461 e. The van der Waals surface area contributed by atoms with Crippen LogP contribution in [0.1, 0.15) is 27.8 Å². The first-order valence-corrected chi connectivity index (χ1v) is 6.37. The zero-order valence-electron chi connectivity index (χ0n) is 11.7. The Hall–Kier alpha value is -2.83. The molecule has 0 radical (unpaired) electrons. The summed E-state index contributed by atoms with van der Waals surface area (Å²) in [5.41, 5.74) is -0.482. The van der Waals surface area contributed by atoms with E-state index in [0.717, 1.165) is 4.68 Å². The Kier molecular flexibility index (Phi) is 4.22. The number of nitrogens with zero attached hydrogens (tertiary/aromatic N) is 1. The third-order valence-corrected chi connectivity index (χ3v) is 2.79. The SMILES string of the molecule is CCOC(=O)c1[nH]n(C)c(=O)c1C(=O)Nc1ccccc1. The van der Waals surface area contributed by atoms with Crippen molar-refractivity contribution in [3.05, 3.63) is 51.9 Å². The molecule has 2 rings (SSSR count). The van der Waals surface area contributed by atoms with Crippen LogP contribution in [0.3, 0.4) is 0 Å². The number of carbonyl (C=O) groups excluding carboxylic acids is 2. The zero-order chi connectivity index (χ0) is 15.4. The monoisotopic (exact) mass is 289 g/mol. The van der Waals surface area contributed by atoms with E-state index in [0.29, 0.717) is 5.69 Å². The van der Waals surface area contributed by atoms with Crippen molar-refractivity contribution in [1.29, 1.82) is 0 Å². The number of hydrogen-bond donors (Lipinski definition) is 2. The van der Waals surface area contributed by atoms with Crippen LogP contribution in [0.4, 0.5) is 5.69 Å². The van der Waals surface area contributed by atoms with E-state index in [4.69, 9.17) is 4.74 Å². The number of esters is 1. The molecule has 0 saturated heterocycles. The highest BCUT2D eigenvalue weighted by Gasteiger charge is 2.25. The summed E-state index contributed by atoms with van der Waals surface area (Å²) in [6, 6.07) is 8.65. The maximum absolute atomic E-state index is 12.2. The molecule has 2 aromatic rings. The second-order valence-corrected chi connectivity index (χ2v) is 4.27. The molecule has 2 N–H and O–H groups in total. The lowest BCUT2D eigenvalue weighted by Crippen LogP contribution is -2.24. The molecule has 0 fully saturated rings.